The van der Waals surface area contributed by atoms with Crippen LogP contribution in [0.1, 0.15) is 30.9 Å². The van der Waals surface area contributed by atoms with Crippen LogP contribution in [0.4, 0.5) is 5.69 Å². The first kappa shape index (κ1) is 26.1. The Kier molecular flexibility index (Phi) is 8.78. The number of allylic oxidation sites excluding steroid dienone is 2. The maximum Gasteiger partial charge on any atom is 0.336 e. The first-order chi connectivity index (χ1) is 16.7. The van der Waals surface area contributed by atoms with Crippen molar-refractivity contribution in [3.63, 3.8) is 0 Å². The molecule has 1 heterocycles. The van der Waals surface area contributed by atoms with Gasteiger partial charge in [-0.1, -0.05) is 42.5 Å². The molecule has 3 rings (SSSR count). The summed E-state index contributed by atoms with van der Waals surface area (Å²) in [4.78, 5) is 28.0. The third kappa shape index (κ3) is 6.34. The fourth-order valence-electron chi connectivity index (χ4n) is 4.18. The second-order valence-electron chi connectivity index (χ2n) is 8.42. The number of nitrogens with one attached hydrogen (secondary N) is 2. The minimum absolute atomic E-state index is 0.0517. The lowest BCUT2D eigenvalue weighted by atomic mass is 9.80. The molecule has 2 atom stereocenters. The van der Waals surface area contributed by atoms with Crippen molar-refractivity contribution in [3.8, 4) is 0 Å². The number of ether oxygens (including phenoxy) is 2. The van der Waals surface area contributed by atoms with E-state index in [2.05, 4.69) is 5.32 Å². The molecular formula is C26H31N3O6. The summed E-state index contributed by atoms with van der Waals surface area (Å²) in [6.45, 7) is 4.81. The quantitative estimate of drug-likeness (QED) is 0.369. The zero-order valence-corrected chi connectivity index (χ0v) is 20.3. The van der Waals surface area contributed by atoms with Gasteiger partial charge in [-0.3, -0.25) is 4.90 Å². The molecular weight excluding hydrogens is 450 g/mol. The van der Waals surface area contributed by atoms with Gasteiger partial charge in [0.05, 0.1) is 24.2 Å². The summed E-state index contributed by atoms with van der Waals surface area (Å²) in [5.74, 6) is -2.03. The summed E-state index contributed by atoms with van der Waals surface area (Å²) in [5, 5.41) is 23.0. The molecule has 0 amide bonds. The molecule has 2 aromatic rings. The number of carbonyl (C=O) groups is 2. The standard InChI is InChI=1S/C26H31N3O6/c1-17-22(25(30)34-4)24(20-11-8-12-21(15-20)29(32)33)23(18(2)27-17)26(31)35-14-13-28(3)16-19-9-6-5-7-10-19/h5-12,15,24,27,29,32H,13-14,16H2,1-4H3/t24-/m0/s1. The molecule has 0 bridgehead atoms. The molecule has 0 saturated heterocycles. The molecule has 9 heteroatoms. The maximum atomic E-state index is 13.3. The SMILES string of the molecule is COC(=O)C1=C(C)NC(C)=C(C(=O)OCCN(C)Cc2ccccc2)[C@H]1c1cccc([NH+]([O-])O)c1. The highest BCUT2D eigenvalue weighted by Gasteiger charge is 2.38. The van der Waals surface area contributed by atoms with Crippen molar-refractivity contribution in [2.75, 3.05) is 27.3 Å². The lowest BCUT2D eigenvalue weighted by Gasteiger charge is -2.30. The molecule has 0 saturated carbocycles. The van der Waals surface area contributed by atoms with E-state index < -0.39 is 23.1 Å². The lowest BCUT2D eigenvalue weighted by molar-refractivity contribution is -0.991. The number of quaternary nitrogens is 1. The first-order valence-corrected chi connectivity index (χ1v) is 11.2. The monoisotopic (exact) mass is 481 g/mol. The number of rotatable bonds is 9. The Balaban J connectivity index is 1.83. The van der Waals surface area contributed by atoms with Crippen molar-refractivity contribution in [1.29, 1.82) is 0 Å². The fraction of sp³-hybridized carbons (Fsp3) is 0.308. The van der Waals surface area contributed by atoms with E-state index in [0.717, 1.165) is 5.56 Å². The Morgan fingerprint density at radius 3 is 2.34 bits per heavy atom. The van der Waals surface area contributed by atoms with Crippen molar-refractivity contribution >= 4 is 17.6 Å². The Morgan fingerprint density at radius 2 is 1.71 bits per heavy atom. The Hall–Kier alpha value is -3.50. The van der Waals surface area contributed by atoms with Gasteiger partial charge in [0.2, 0.25) is 0 Å². The van der Waals surface area contributed by atoms with Crippen LogP contribution in [0.5, 0.6) is 0 Å². The largest absolute Gasteiger partial charge is 0.595 e. The second kappa shape index (κ2) is 11.8. The third-order valence-corrected chi connectivity index (χ3v) is 5.85. The summed E-state index contributed by atoms with van der Waals surface area (Å²) < 4.78 is 10.6. The van der Waals surface area contributed by atoms with Crippen LogP contribution in [0.15, 0.2) is 77.1 Å². The van der Waals surface area contributed by atoms with Crippen LogP contribution in [-0.4, -0.2) is 49.4 Å². The van der Waals surface area contributed by atoms with Crippen LogP contribution >= 0.6 is 0 Å². The number of methoxy groups -OCH3 is 1. The topological polar surface area (TPSA) is 116 Å². The fourth-order valence-corrected chi connectivity index (χ4v) is 4.18. The number of benzene rings is 2. The van der Waals surface area contributed by atoms with Crippen molar-refractivity contribution in [2.45, 2.75) is 26.3 Å². The first-order valence-electron chi connectivity index (χ1n) is 11.2. The van der Waals surface area contributed by atoms with Gasteiger partial charge in [-0.15, -0.1) is 0 Å². The maximum absolute atomic E-state index is 13.3. The minimum atomic E-state index is -1.10. The molecule has 9 nitrogen and oxygen atoms in total. The van der Waals surface area contributed by atoms with Crippen LogP contribution in [0.3, 0.4) is 0 Å². The minimum Gasteiger partial charge on any atom is -0.595 e. The summed E-state index contributed by atoms with van der Waals surface area (Å²) in [6, 6.07) is 16.2. The summed E-state index contributed by atoms with van der Waals surface area (Å²) in [7, 11) is 3.20. The number of carbonyl (C=O) groups excluding carboxylic acids is 2. The smallest absolute Gasteiger partial charge is 0.336 e. The van der Waals surface area contributed by atoms with Gasteiger partial charge >= 0.3 is 11.9 Å². The zero-order chi connectivity index (χ0) is 25.5. The molecule has 0 aliphatic carbocycles. The van der Waals surface area contributed by atoms with E-state index in [1.54, 1.807) is 26.0 Å². The van der Waals surface area contributed by atoms with E-state index in [1.165, 1.54) is 19.2 Å². The number of esters is 2. The van der Waals surface area contributed by atoms with Gasteiger partial charge in [-0.25, -0.2) is 14.8 Å². The lowest BCUT2D eigenvalue weighted by Crippen LogP contribution is -2.99. The third-order valence-electron chi connectivity index (χ3n) is 5.85. The molecule has 0 aromatic heterocycles. The second-order valence-corrected chi connectivity index (χ2v) is 8.42. The molecule has 1 aliphatic heterocycles. The molecule has 35 heavy (non-hydrogen) atoms. The number of nitrogens with zero attached hydrogens (tertiary/aromatic N) is 1. The zero-order valence-electron chi connectivity index (χ0n) is 20.3. The van der Waals surface area contributed by atoms with E-state index >= 15 is 0 Å². The van der Waals surface area contributed by atoms with Gasteiger partial charge in [0, 0.05) is 36.6 Å². The molecule has 1 unspecified atom stereocenters. The Morgan fingerprint density at radius 1 is 1.06 bits per heavy atom. The number of hydrogen-bond donors (Lipinski definition) is 3. The van der Waals surface area contributed by atoms with E-state index in [-0.39, 0.29) is 23.4 Å². The van der Waals surface area contributed by atoms with Gasteiger partial charge in [0.25, 0.3) is 0 Å². The van der Waals surface area contributed by atoms with Crippen LogP contribution in [0.25, 0.3) is 0 Å². The molecule has 3 N–H and O–H groups in total. The predicted molar refractivity (Wildman–Crippen MR) is 129 cm³/mol. The van der Waals surface area contributed by atoms with Gasteiger partial charge in [-0.05, 0) is 32.0 Å². The molecule has 0 radical (unpaired) electrons. The summed E-state index contributed by atoms with van der Waals surface area (Å²) in [5.41, 5.74) is 3.22. The van der Waals surface area contributed by atoms with E-state index in [0.29, 0.717) is 30.0 Å². The highest BCUT2D eigenvalue weighted by atomic mass is 16.8. The van der Waals surface area contributed by atoms with Crippen LogP contribution in [0, 0.1) is 5.21 Å². The van der Waals surface area contributed by atoms with Gasteiger partial charge < -0.3 is 20.0 Å². The van der Waals surface area contributed by atoms with Crippen molar-refractivity contribution in [3.05, 3.63) is 93.5 Å². The predicted octanol–water partition coefficient (Wildman–Crippen LogP) is 2.17. The number of hydrogen-bond acceptors (Lipinski definition) is 8. The van der Waals surface area contributed by atoms with Crippen LogP contribution in [-0.2, 0) is 25.6 Å². The Labute approximate surface area is 204 Å². The summed E-state index contributed by atoms with van der Waals surface area (Å²) >= 11 is 0. The van der Waals surface area contributed by atoms with Crippen LogP contribution in [0.2, 0.25) is 0 Å². The number of likely N-dealkylation sites (N-methyl/N-ethyl adjacent to an activating group) is 1. The number of dihydropyridines is 1. The van der Waals surface area contributed by atoms with Crippen LogP contribution < -0.4 is 10.5 Å². The van der Waals surface area contributed by atoms with Gasteiger partial charge in [0.15, 0.2) is 5.69 Å². The van der Waals surface area contributed by atoms with Crippen molar-refractivity contribution < 1.29 is 29.5 Å². The molecule has 186 valence electrons. The normalized spacial score (nSPS) is 16.7. The van der Waals surface area contributed by atoms with E-state index in [1.807, 2.05) is 42.3 Å². The molecule has 0 fully saturated rings. The average molecular weight is 482 g/mol. The molecule has 2 aromatic carbocycles. The molecule has 0 spiro atoms. The van der Waals surface area contributed by atoms with Crippen molar-refractivity contribution in [2.24, 2.45) is 0 Å². The Bertz CT molecular complexity index is 1130. The van der Waals surface area contributed by atoms with E-state index in [4.69, 9.17) is 9.47 Å². The van der Waals surface area contributed by atoms with Crippen molar-refractivity contribution in [1.82, 2.24) is 10.2 Å². The van der Waals surface area contributed by atoms with E-state index in [9.17, 15) is 20.0 Å². The summed E-state index contributed by atoms with van der Waals surface area (Å²) in [6.07, 6.45) is 0. The highest BCUT2D eigenvalue weighted by molar-refractivity contribution is 5.99. The van der Waals surface area contributed by atoms with Gasteiger partial charge in [0.1, 0.15) is 6.61 Å². The average Bonchev–Trinajstić information content (AvgIpc) is 2.83. The van der Waals surface area contributed by atoms with Gasteiger partial charge in [-0.2, -0.15) is 5.23 Å². The highest BCUT2D eigenvalue weighted by Crippen LogP contribution is 2.39. The molecule has 1 aliphatic rings.